The van der Waals surface area contributed by atoms with Crippen molar-refractivity contribution in [1.82, 2.24) is 10.2 Å². The Morgan fingerprint density at radius 2 is 1.61 bits per heavy atom. The van der Waals surface area contributed by atoms with Gasteiger partial charge < -0.3 is 15.0 Å². The molecule has 0 aromatic heterocycles. The molecule has 218 valence electrons. The fourth-order valence-electron chi connectivity index (χ4n) is 4.96. The molecule has 0 radical (unpaired) electrons. The van der Waals surface area contributed by atoms with Crippen molar-refractivity contribution in [3.05, 3.63) is 90.2 Å². The zero-order valence-electron chi connectivity index (χ0n) is 23.3. The molecule has 0 bridgehead atoms. The zero-order chi connectivity index (χ0) is 29.4. The second-order valence-corrected chi connectivity index (χ2v) is 11.9. The molecule has 10 heteroatoms. The number of anilines is 1. The molecule has 0 aliphatic heterocycles. The number of ether oxygens (including phenoxy) is 1. The Hall–Kier alpha value is -3.92. The third kappa shape index (κ3) is 7.24. The fourth-order valence-corrected chi connectivity index (χ4v) is 6.40. The fraction of sp³-hybridized carbons (Fsp3) is 0.355. The van der Waals surface area contributed by atoms with Crippen LogP contribution in [-0.4, -0.2) is 50.4 Å². The van der Waals surface area contributed by atoms with Crippen molar-refractivity contribution in [2.24, 2.45) is 0 Å². The highest BCUT2D eigenvalue weighted by Crippen LogP contribution is 2.33. The van der Waals surface area contributed by atoms with Crippen LogP contribution in [0.2, 0.25) is 0 Å². The minimum absolute atomic E-state index is 0.00761. The maximum absolute atomic E-state index is 14.7. The number of nitrogens with one attached hydrogen (secondary N) is 1. The number of halogens is 1. The van der Waals surface area contributed by atoms with Crippen LogP contribution in [0.15, 0.2) is 83.8 Å². The minimum Gasteiger partial charge on any atom is -0.492 e. The van der Waals surface area contributed by atoms with Gasteiger partial charge in [0.15, 0.2) is 0 Å². The maximum atomic E-state index is 14.7. The molecule has 3 aromatic carbocycles. The lowest BCUT2D eigenvalue weighted by Gasteiger charge is -2.33. The van der Waals surface area contributed by atoms with Crippen molar-refractivity contribution in [1.29, 1.82) is 0 Å². The van der Waals surface area contributed by atoms with Crippen molar-refractivity contribution in [2.75, 3.05) is 17.5 Å². The Morgan fingerprint density at radius 3 is 2.29 bits per heavy atom. The van der Waals surface area contributed by atoms with Crippen LogP contribution in [0, 0.1) is 5.82 Å². The Bertz CT molecular complexity index is 1440. The van der Waals surface area contributed by atoms with Gasteiger partial charge in [0.05, 0.1) is 17.2 Å². The molecule has 2 amide bonds. The first-order valence-electron chi connectivity index (χ1n) is 13.8. The Balaban J connectivity index is 1.72. The summed E-state index contributed by atoms with van der Waals surface area (Å²) in [5.74, 6) is -1.26. The van der Waals surface area contributed by atoms with Crippen LogP contribution in [0.4, 0.5) is 10.1 Å². The molecule has 41 heavy (non-hydrogen) atoms. The first kappa shape index (κ1) is 30.0. The number of rotatable bonds is 12. The summed E-state index contributed by atoms with van der Waals surface area (Å²) in [7, 11) is -4.24. The molecule has 1 N–H and O–H groups in total. The molecule has 0 saturated heterocycles. The van der Waals surface area contributed by atoms with Crippen molar-refractivity contribution >= 4 is 27.5 Å². The number of para-hydroxylation sites is 2. The van der Waals surface area contributed by atoms with Crippen molar-refractivity contribution in [2.45, 2.75) is 63.1 Å². The minimum atomic E-state index is -4.24. The van der Waals surface area contributed by atoms with E-state index in [0.29, 0.717) is 0 Å². The number of sulfonamides is 1. The SMILES string of the molecule is CCOc1ccccc1N(CC(=O)N(Cc1ccccc1F)C(C)C(=O)NC1CCCC1)S(=O)(=O)c1ccccc1. The lowest BCUT2D eigenvalue weighted by molar-refractivity contribution is -0.139. The van der Waals surface area contributed by atoms with Crippen LogP contribution in [0.1, 0.15) is 45.1 Å². The monoisotopic (exact) mass is 581 g/mol. The Labute approximate surface area is 241 Å². The average Bonchev–Trinajstić information content (AvgIpc) is 3.49. The van der Waals surface area contributed by atoms with Crippen molar-refractivity contribution in [3.8, 4) is 5.75 Å². The molecule has 1 saturated carbocycles. The summed E-state index contributed by atoms with van der Waals surface area (Å²) in [5.41, 5.74) is 0.397. The molecule has 1 unspecified atom stereocenters. The predicted molar refractivity (Wildman–Crippen MR) is 155 cm³/mol. The van der Waals surface area contributed by atoms with Crippen LogP contribution in [-0.2, 0) is 26.2 Å². The molecular weight excluding hydrogens is 545 g/mol. The number of benzene rings is 3. The highest BCUT2D eigenvalue weighted by atomic mass is 32.2. The van der Waals surface area contributed by atoms with Crippen LogP contribution in [0.25, 0.3) is 0 Å². The smallest absolute Gasteiger partial charge is 0.264 e. The van der Waals surface area contributed by atoms with Crippen molar-refractivity contribution < 1.29 is 27.1 Å². The quantitative estimate of drug-likeness (QED) is 0.329. The number of nitrogens with zero attached hydrogens (tertiary/aromatic N) is 2. The summed E-state index contributed by atoms with van der Waals surface area (Å²) in [6.07, 6.45) is 3.75. The first-order chi connectivity index (χ1) is 19.7. The third-order valence-corrected chi connectivity index (χ3v) is 8.99. The molecule has 0 heterocycles. The van der Waals surface area contributed by atoms with E-state index >= 15 is 0 Å². The third-order valence-electron chi connectivity index (χ3n) is 7.21. The van der Waals surface area contributed by atoms with Crippen LogP contribution in [0.5, 0.6) is 5.75 Å². The summed E-state index contributed by atoms with van der Waals surface area (Å²) in [5, 5.41) is 3.00. The van der Waals surface area contributed by atoms with Gasteiger partial charge >= 0.3 is 0 Å². The lowest BCUT2D eigenvalue weighted by atomic mass is 10.1. The Morgan fingerprint density at radius 1 is 0.976 bits per heavy atom. The van der Waals surface area contributed by atoms with E-state index < -0.39 is 34.3 Å². The van der Waals surface area contributed by atoms with Gasteiger partial charge in [0.25, 0.3) is 10.0 Å². The Kier molecular flexibility index (Phi) is 9.99. The topological polar surface area (TPSA) is 96.0 Å². The molecule has 1 atom stereocenters. The lowest BCUT2D eigenvalue weighted by Crippen LogP contribution is -2.52. The van der Waals surface area contributed by atoms with Crippen LogP contribution in [0.3, 0.4) is 0 Å². The van der Waals surface area contributed by atoms with E-state index in [-0.39, 0.29) is 47.0 Å². The molecule has 1 aliphatic rings. The first-order valence-corrected chi connectivity index (χ1v) is 15.3. The zero-order valence-corrected chi connectivity index (χ0v) is 24.1. The van der Waals surface area contributed by atoms with Crippen LogP contribution >= 0.6 is 0 Å². The van der Waals surface area contributed by atoms with E-state index in [2.05, 4.69) is 5.32 Å². The number of carbonyl (C=O) groups is 2. The summed E-state index contributed by atoms with van der Waals surface area (Å²) in [6, 6.07) is 19.4. The van der Waals surface area contributed by atoms with Gasteiger partial charge in [-0.2, -0.15) is 0 Å². The summed E-state index contributed by atoms with van der Waals surface area (Å²) < 4.78 is 49.3. The van der Waals surface area contributed by atoms with E-state index in [1.54, 1.807) is 74.5 Å². The molecule has 0 spiro atoms. The number of amides is 2. The van der Waals surface area contributed by atoms with Gasteiger partial charge in [0.2, 0.25) is 11.8 Å². The largest absolute Gasteiger partial charge is 0.492 e. The van der Waals surface area contributed by atoms with Gasteiger partial charge in [-0.15, -0.1) is 0 Å². The number of hydrogen-bond donors (Lipinski definition) is 1. The van der Waals surface area contributed by atoms with Gasteiger partial charge in [0, 0.05) is 18.2 Å². The molecular formula is C31H36FN3O5S. The molecule has 4 rings (SSSR count). The summed E-state index contributed by atoms with van der Waals surface area (Å²) >= 11 is 0. The summed E-state index contributed by atoms with van der Waals surface area (Å²) in [6.45, 7) is 2.79. The standard InChI is InChI=1S/C31H36FN3O5S/c1-3-40-29-20-12-11-19-28(29)35(41(38,39)26-16-5-4-6-17-26)22-30(36)34(21-24-13-7-10-18-27(24)32)23(2)31(37)33-25-14-8-9-15-25/h4-7,10-13,16-20,23,25H,3,8-9,14-15,21-22H2,1-2H3,(H,33,37). The van der Waals surface area contributed by atoms with Gasteiger partial charge in [0.1, 0.15) is 24.2 Å². The molecule has 1 aliphatic carbocycles. The molecule has 3 aromatic rings. The van der Waals surface area contributed by atoms with Gasteiger partial charge in [-0.25, -0.2) is 12.8 Å². The second kappa shape index (κ2) is 13.6. The van der Waals surface area contributed by atoms with Gasteiger partial charge in [-0.1, -0.05) is 61.4 Å². The van der Waals surface area contributed by atoms with E-state index in [0.717, 1.165) is 30.0 Å². The van der Waals surface area contributed by atoms with Crippen molar-refractivity contribution in [3.63, 3.8) is 0 Å². The average molecular weight is 582 g/mol. The second-order valence-electron chi connectivity index (χ2n) is 10.0. The normalized spacial score (nSPS) is 14.3. The van der Waals surface area contributed by atoms with E-state index in [1.807, 2.05) is 0 Å². The van der Waals surface area contributed by atoms with E-state index in [9.17, 15) is 22.4 Å². The van der Waals surface area contributed by atoms with E-state index in [4.69, 9.17) is 4.74 Å². The maximum Gasteiger partial charge on any atom is 0.264 e. The van der Waals surface area contributed by atoms with Gasteiger partial charge in [-0.3, -0.25) is 13.9 Å². The molecule has 8 nitrogen and oxygen atoms in total. The highest BCUT2D eigenvalue weighted by molar-refractivity contribution is 7.92. The highest BCUT2D eigenvalue weighted by Gasteiger charge is 2.34. The number of hydrogen-bond acceptors (Lipinski definition) is 5. The summed E-state index contributed by atoms with van der Waals surface area (Å²) in [4.78, 5) is 28.6. The van der Waals surface area contributed by atoms with Crippen LogP contribution < -0.4 is 14.4 Å². The van der Waals surface area contributed by atoms with E-state index in [1.165, 1.54) is 23.1 Å². The predicted octanol–water partition coefficient (Wildman–Crippen LogP) is 4.90. The number of carbonyl (C=O) groups excluding carboxylic acids is 2. The molecule has 1 fully saturated rings. The van der Waals surface area contributed by atoms with Gasteiger partial charge in [-0.05, 0) is 57.0 Å².